The van der Waals surface area contributed by atoms with Crippen LogP contribution in [-0.2, 0) is 11.2 Å². The van der Waals surface area contributed by atoms with Gasteiger partial charge in [-0.15, -0.1) is 0 Å². The quantitative estimate of drug-likeness (QED) is 0.918. The molecular formula is C15H13FO3. The Bertz CT molecular complexity index is 591. The van der Waals surface area contributed by atoms with Crippen LogP contribution in [0.1, 0.15) is 5.56 Å². The van der Waals surface area contributed by atoms with E-state index in [2.05, 4.69) is 0 Å². The Morgan fingerprint density at radius 2 is 1.79 bits per heavy atom. The van der Waals surface area contributed by atoms with Gasteiger partial charge in [0, 0.05) is 0 Å². The third kappa shape index (κ3) is 3.10. The van der Waals surface area contributed by atoms with Crippen LogP contribution in [0.15, 0.2) is 42.5 Å². The van der Waals surface area contributed by atoms with Crippen molar-refractivity contribution in [1.82, 2.24) is 0 Å². The number of aliphatic carboxylic acids is 1. The molecule has 0 unspecified atom stereocenters. The summed E-state index contributed by atoms with van der Waals surface area (Å²) in [7, 11) is 1.42. The Kier molecular flexibility index (Phi) is 3.80. The third-order valence-electron chi connectivity index (χ3n) is 2.79. The summed E-state index contributed by atoms with van der Waals surface area (Å²) in [6.45, 7) is 0. The van der Waals surface area contributed by atoms with Crippen LogP contribution in [0.3, 0.4) is 0 Å². The SMILES string of the molecule is COc1ccc(-c2ccc(CC(=O)O)cc2)cc1F. The molecule has 2 aromatic rings. The zero-order chi connectivity index (χ0) is 13.8. The molecule has 0 fully saturated rings. The van der Waals surface area contributed by atoms with E-state index in [4.69, 9.17) is 9.84 Å². The Balaban J connectivity index is 2.27. The van der Waals surface area contributed by atoms with E-state index in [-0.39, 0.29) is 12.2 Å². The molecule has 0 aliphatic rings. The molecule has 0 aliphatic heterocycles. The lowest BCUT2D eigenvalue weighted by Gasteiger charge is -2.06. The molecule has 0 amide bonds. The lowest BCUT2D eigenvalue weighted by atomic mass is 10.0. The number of halogens is 1. The first-order valence-corrected chi connectivity index (χ1v) is 5.75. The van der Waals surface area contributed by atoms with Crippen molar-refractivity contribution in [2.24, 2.45) is 0 Å². The van der Waals surface area contributed by atoms with Crippen LogP contribution in [0.4, 0.5) is 4.39 Å². The van der Waals surface area contributed by atoms with Crippen LogP contribution < -0.4 is 4.74 Å². The maximum Gasteiger partial charge on any atom is 0.307 e. The fourth-order valence-electron chi connectivity index (χ4n) is 1.84. The highest BCUT2D eigenvalue weighted by Gasteiger charge is 2.06. The topological polar surface area (TPSA) is 46.5 Å². The standard InChI is InChI=1S/C15H13FO3/c1-19-14-7-6-12(9-13(14)16)11-4-2-10(3-5-11)8-15(17)18/h2-7,9H,8H2,1H3,(H,17,18). The number of carboxylic acid groups (broad SMARTS) is 1. The minimum atomic E-state index is -0.872. The maximum atomic E-state index is 13.6. The zero-order valence-electron chi connectivity index (χ0n) is 10.4. The molecule has 0 saturated heterocycles. The van der Waals surface area contributed by atoms with Gasteiger partial charge in [-0.3, -0.25) is 4.79 Å². The van der Waals surface area contributed by atoms with Crippen molar-refractivity contribution in [2.45, 2.75) is 6.42 Å². The number of benzene rings is 2. The second-order valence-electron chi connectivity index (χ2n) is 4.12. The molecule has 0 radical (unpaired) electrons. The van der Waals surface area contributed by atoms with Crippen LogP contribution in [0.5, 0.6) is 5.75 Å². The fraction of sp³-hybridized carbons (Fsp3) is 0.133. The molecule has 1 N–H and O–H groups in total. The Hall–Kier alpha value is -2.36. The number of hydrogen-bond acceptors (Lipinski definition) is 2. The summed E-state index contributed by atoms with van der Waals surface area (Å²) < 4.78 is 18.4. The summed E-state index contributed by atoms with van der Waals surface area (Å²) in [6.07, 6.45) is -0.0166. The Morgan fingerprint density at radius 3 is 2.32 bits per heavy atom. The minimum Gasteiger partial charge on any atom is -0.494 e. The average molecular weight is 260 g/mol. The number of methoxy groups -OCH3 is 1. The summed E-state index contributed by atoms with van der Waals surface area (Å²) in [6, 6.07) is 11.7. The van der Waals surface area contributed by atoms with Crippen molar-refractivity contribution < 1.29 is 19.0 Å². The molecule has 0 bridgehead atoms. The minimum absolute atomic E-state index is 0.0166. The van der Waals surface area contributed by atoms with Gasteiger partial charge in [-0.05, 0) is 28.8 Å². The van der Waals surface area contributed by atoms with Gasteiger partial charge in [-0.1, -0.05) is 30.3 Å². The largest absolute Gasteiger partial charge is 0.494 e. The van der Waals surface area contributed by atoms with Gasteiger partial charge in [-0.25, -0.2) is 4.39 Å². The van der Waals surface area contributed by atoms with E-state index in [9.17, 15) is 9.18 Å². The van der Waals surface area contributed by atoms with Gasteiger partial charge in [0.25, 0.3) is 0 Å². The summed E-state index contributed by atoms with van der Waals surface area (Å²) in [5.74, 6) is -1.09. The van der Waals surface area contributed by atoms with E-state index in [1.54, 1.807) is 36.4 Å². The normalized spacial score (nSPS) is 10.2. The molecule has 0 aromatic heterocycles. The number of carboxylic acids is 1. The first kappa shape index (κ1) is 13.1. The van der Waals surface area contributed by atoms with Crippen molar-refractivity contribution in [1.29, 1.82) is 0 Å². The average Bonchev–Trinajstić information content (AvgIpc) is 2.39. The molecular weight excluding hydrogens is 247 g/mol. The van der Waals surface area contributed by atoms with E-state index >= 15 is 0 Å². The maximum absolute atomic E-state index is 13.6. The molecule has 2 rings (SSSR count). The summed E-state index contributed by atoms with van der Waals surface area (Å²) in [4.78, 5) is 10.6. The highest BCUT2D eigenvalue weighted by molar-refractivity contribution is 5.71. The molecule has 3 nitrogen and oxygen atoms in total. The van der Waals surface area contributed by atoms with Crippen LogP contribution in [-0.4, -0.2) is 18.2 Å². The van der Waals surface area contributed by atoms with Gasteiger partial charge in [0.1, 0.15) is 0 Å². The van der Waals surface area contributed by atoms with E-state index < -0.39 is 11.8 Å². The predicted octanol–water partition coefficient (Wildman–Crippen LogP) is 3.13. The molecule has 98 valence electrons. The molecule has 0 atom stereocenters. The molecule has 0 saturated carbocycles. The third-order valence-corrected chi connectivity index (χ3v) is 2.79. The van der Waals surface area contributed by atoms with Gasteiger partial charge in [0.05, 0.1) is 13.5 Å². The number of rotatable bonds is 4. The van der Waals surface area contributed by atoms with Gasteiger partial charge < -0.3 is 9.84 Å². The smallest absolute Gasteiger partial charge is 0.307 e. The van der Waals surface area contributed by atoms with Crippen LogP contribution in [0.25, 0.3) is 11.1 Å². The first-order valence-electron chi connectivity index (χ1n) is 5.75. The van der Waals surface area contributed by atoms with Crippen molar-refractivity contribution >= 4 is 5.97 Å². The highest BCUT2D eigenvalue weighted by atomic mass is 19.1. The van der Waals surface area contributed by atoms with Crippen molar-refractivity contribution in [3.63, 3.8) is 0 Å². The lowest BCUT2D eigenvalue weighted by molar-refractivity contribution is -0.136. The fourth-order valence-corrected chi connectivity index (χ4v) is 1.84. The second-order valence-corrected chi connectivity index (χ2v) is 4.12. The highest BCUT2D eigenvalue weighted by Crippen LogP contribution is 2.25. The van der Waals surface area contributed by atoms with Gasteiger partial charge in [0.2, 0.25) is 0 Å². The van der Waals surface area contributed by atoms with E-state index in [1.807, 2.05) is 0 Å². The molecule has 0 spiro atoms. The second kappa shape index (κ2) is 5.52. The monoisotopic (exact) mass is 260 g/mol. The molecule has 19 heavy (non-hydrogen) atoms. The number of carbonyl (C=O) groups is 1. The lowest BCUT2D eigenvalue weighted by Crippen LogP contribution is -1.99. The first-order chi connectivity index (χ1) is 9.10. The van der Waals surface area contributed by atoms with Gasteiger partial charge in [-0.2, -0.15) is 0 Å². The van der Waals surface area contributed by atoms with Crippen LogP contribution >= 0.6 is 0 Å². The molecule has 0 heterocycles. The van der Waals surface area contributed by atoms with E-state index in [0.29, 0.717) is 5.56 Å². The summed E-state index contributed by atoms with van der Waals surface area (Å²) >= 11 is 0. The Labute approximate surface area is 110 Å². The summed E-state index contributed by atoms with van der Waals surface area (Å²) in [5, 5.41) is 8.68. The number of hydrogen-bond donors (Lipinski definition) is 1. The van der Waals surface area contributed by atoms with Crippen LogP contribution in [0.2, 0.25) is 0 Å². The van der Waals surface area contributed by atoms with Crippen molar-refractivity contribution in [3.8, 4) is 16.9 Å². The molecule has 0 aliphatic carbocycles. The van der Waals surface area contributed by atoms with E-state index in [1.165, 1.54) is 13.2 Å². The summed E-state index contributed by atoms with van der Waals surface area (Å²) in [5.41, 5.74) is 2.26. The zero-order valence-corrected chi connectivity index (χ0v) is 10.4. The molecule has 2 aromatic carbocycles. The Morgan fingerprint density at radius 1 is 1.16 bits per heavy atom. The predicted molar refractivity (Wildman–Crippen MR) is 69.7 cm³/mol. The van der Waals surface area contributed by atoms with Crippen molar-refractivity contribution in [3.05, 3.63) is 53.8 Å². The van der Waals surface area contributed by atoms with Crippen LogP contribution in [0, 0.1) is 5.82 Å². The van der Waals surface area contributed by atoms with Gasteiger partial charge >= 0.3 is 5.97 Å². The number of ether oxygens (including phenoxy) is 1. The molecule has 4 heteroatoms. The van der Waals surface area contributed by atoms with Gasteiger partial charge in [0.15, 0.2) is 11.6 Å². The van der Waals surface area contributed by atoms with E-state index in [0.717, 1.165) is 11.1 Å². The van der Waals surface area contributed by atoms with Crippen molar-refractivity contribution in [2.75, 3.05) is 7.11 Å².